The summed E-state index contributed by atoms with van der Waals surface area (Å²) in [6.45, 7) is 2.24. The lowest BCUT2D eigenvalue weighted by atomic mass is 9.96. The van der Waals surface area contributed by atoms with Gasteiger partial charge in [-0.05, 0) is 49.9 Å². The quantitative estimate of drug-likeness (QED) is 0.856. The van der Waals surface area contributed by atoms with E-state index in [0.717, 1.165) is 50.3 Å². The van der Waals surface area contributed by atoms with Gasteiger partial charge < -0.3 is 14.8 Å². The van der Waals surface area contributed by atoms with Gasteiger partial charge in [-0.15, -0.1) is 10.2 Å². The van der Waals surface area contributed by atoms with E-state index >= 15 is 0 Å². The van der Waals surface area contributed by atoms with Crippen molar-refractivity contribution >= 4 is 11.8 Å². The Morgan fingerprint density at radius 2 is 1.90 bits per heavy atom. The molecule has 1 aromatic heterocycles. The molecule has 8 heteroatoms. The van der Waals surface area contributed by atoms with E-state index < -0.39 is 0 Å². The van der Waals surface area contributed by atoms with Gasteiger partial charge in [-0.3, -0.25) is 9.59 Å². The molecular weight excluding hydrogens is 373 g/mol. The molecule has 2 aromatic rings. The summed E-state index contributed by atoms with van der Waals surface area (Å²) in [5.74, 6) is 0.951. The summed E-state index contributed by atoms with van der Waals surface area (Å²) in [5, 5.41) is 11.5. The first-order chi connectivity index (χ1) is 14.1. The molecule has 2 amide bonds. The van der Waals surface area contributed by atoms with Crippen molar-refractivity contribution < 1.29 is 14.0 Å². The summed E-state index contributed by atoms with van der Waals surface area (Å²) in [5.41, 5.74) is 0.443. The third kappa shape index (κ3) is 4.46. The summed E-state index contributed by atoms with van der Waals surface area (Å²) >= 11 is 0. The topological polar surface area (TPSA) is 80.1 Å². The van der Waals surface area contributed by atoms with Gasteiger partial charge in [0.25, 0.3) is 5.91 Å². The van der Waals surface area contributed by atoms with Crippen LogP contribution in [-0.2, 0) is 24.3 Å². The molecule has 0 aliphatic carbocycles. The molecule has 1 fully saturated rings. The van der Waals surface area contributed by atoms with Crippen LogP contribution in [0.15, 0.2) is 24.3 Å². The molecule has 0 spiro atoms. The number of amides is 2. The van der Waals surface area contributed by atoms with Crippen molar-refractivity contribution in [2.75, 3.05) is 13.1 Å². The number of nitrogens with one attached hydrogen (secondary N) is 1. The van der Waals surface area contributed by atoms with E-state index in [2.05, 4.69) is 20.1 Å². The minimum absolute atomic E-state index is 0.0624. The van der Waals surface area contributed by atoms with E-state index in [1.807, 2.05) is 0 Å². The first-order valence-electron chi connectivity index (χ1n) is 10.4. The molecule has 4 rings (SSSR count). The molecular formula is C21H26FN5O2. The first-order valence-corrected chi connectivity index (χ1v) is 10.4. The van der Waals surface area contributed by atoms with Gasteiger partial charge in [-0.2, -0.15) is 0 Å². The maximum Gasteiger partial charge on any atom is 0.253 e. The molecule has 0 saturated carbocycles. The van der Waals surface area contributed by atoms with Crippen molar-refractivity contribution in [2.45, 2.75) is 51.6 Å². The molecule has 1 N–H and O–H groups in total. The van der Waals surface area contributed by atoms with Crippen LogP contribution >= 0.6 is 0 Å². The molecule has 154 valence electrons. The van der Waals surface area contributed by atoms with Gasteiger partial charge in [0, 0.05) is 31.6 Å². The second-order valence-corrected chi connectivity index (χ2v) is 7.81. The second kappa shape index (κ2) is 8.71. The van der Waals surface area contributed by atoms with Crippen molar-refractivity contribution in [1.29, 1.82) is 0 Å². The van der Waals surface area contributed by atoms with E-state index in [9.17, 15) is 14.0 Å². The van der Waals surface area contributed by atoms with Crippen LogP contribution in [0.1, 0.15) is 54.1 Å². The Morgan fingerprint density at radius 3 is 2.72 bits per heavy atom. The number of aryl methyl sites for hydroxylation is 1. The van der Waals surface area contributed by atoms with Gasteiger partial charge in [0.05, 0.1) is 12.5 Å². The molecule has 0 bridgehead atoms. The number of fused-ring (bicyclic) bond motifs is 1. The minimum atomic E-state index is -0.371. The number of hydrogen-bond acceptors (Lipinski definition) is 4. The maximum atomic E-state index is 13.1. The number of aromatic nitrogens is 3. The molecule has 0 radical (unpaired) electrons. The van der Waals surface area contributed by atoms with Crippen LogP contribution in [0.3, 0.4) is 0 Å². The van der Waals surface area contributed by atoms with E-state index in [0.29, 0.717) is 25.2 Å². The summed E-state index contributed by atoms with van der Waals surface area (Å²) in [4.78, 5) is 27.1. The Balaban J connectivity index is 1.35. The van der Waals surface area contributed by atoms with Gasteiger partial charge >= 0.3 is 0 Å². The van der Waals surface area contributed by atoms with E-state index in [1.165, 1.54) is 30.7 Å². The van der Waals surface area contributed by atoms with Gasteiger partial charge in [0.1, 0.15) is 11.6 Å². The molecule has 3 heterocycles. The number of nitrogens with zero attached hydrogens (tertiary/aromatic N) is 4. The van der Waals surface area contributed by atoms with E-state index in [-0.39, 0.29) is 23.5 Å². The lowest BCUT2D eigenvalue weighted by Crippen LogP contribution is -2.45. The van der Waals surface area contributed by atoms with Crippen LogP contribution in [0.4, 0.5) is 4.39 Å². The van der Waals surface area contributed by atoms with Crippen molar-refractivity contribution in [1.82, 2.24) is 25.0 Å². The van der Waals surface area contributed by atoms with Crippen LogP contribution < -0.4 is 5.32 Å². The SMILES string of the molecule is O=C(NCc1nnc2n1CCCCC2)C1CCCN(C(=O)c2ccc(F)cc2)C1. The minimum Gasteiger partial charge on any atom is -0.348 e. The zero-order valence-electron chi connectivity index (χ0n) is 16.4. The highest BCUT2D eigenvalue weighted by Gasteiger charge is 2.29. The predicted molar refractivity (Wildman–Crippen MR) is 104 cm³/mol. The first kappa shape index (κ1) is 19.5. The Kier molecular flexibility index (Phi) is 5.87. The van der Waals surface area contributed by atoms with Crippen LogP contribution in [0, 0.1) is 11.7 Å². The molecule has 1 unspecified atom stereocenters. The van der Waals surface area contributed by atoms with Gasteiger partial charge in [0.2, 0.25) is 5.91 Å². The average molecular weight is 399 g/mol. The Bertz CT molecular complexity index is 880. The van der Waals surface area contributed by atoms with E-state index in [1.54, 1.807) is 4.90 Å². The van der Waals surface area contributed by atoms with Gasteiger partial charge in [-0.25, -0.2) is 4.39 Å². The summed E-state index contributed by atoms with van der Waals surface area (Å²) in [6.07, 6.45) is 5.88. The Labute approximate surface area is 169 Å². The van der Waals surface area contributed by atoms with Gasteiger partial charge in [0.15, 0.2) is 5.82 Å². The van der Waals surface area contributed by atoms with Crippen LogP contribution in [0.25, 0.3) is 0 Å². The van der Waals surface area contributed by atoms with Crippen molar-refractivity contribution in [3.63, 3.8) is 0 Å². The largest absolute Gasteiger partial charge is 0.348 e. The monoisotopic (exact) mass is 399 g/mol. The van der Waals surface area contributed by atoms with Crippen LogP contribution in [0.2, 0.25) is 0 Å². The number of hydrogen-bond donors (Lipinski definition) is 1. The smallest absolute Gasteiger partial charge is 0.253 e. The molecule has 1 aromatic carbocycles. The third-order valence-corrected chi connectivity index (χ3v) is 5.78. The highest BCUT2D eigenvalue weighted by atomic mass is 19.1. The second-order valence-electron chi connectivity index (χ2n) is 7.81. The summed E-state index contributed by atoms with van der Waals surface area (Å²) < 4.78 is 15.2. The number of rotatable bonds is 4. The van der Waals surface area contributed by atoms with Crippen molar-refractivity contribution in [3.05, 3.63) is 47.3 Å². The zero-order chi connectivity index (χ0) is 20.2. The number of carbonyl (C=O) groups excluding carboxylic acids is 2. The number of likely N-dealkylation sites (tertiary alicyclic amines) is 1. The average Bonchev–Trinajstić information content (AvgIpc) is 2.98. The fraction of sp³-hybridized carbons (Fsp3) is 0.524. The van der Waals surface area contributed by atoms with Crippen molar-refractivity contribution in [2.24, 2.45) is 5.92 Å². The number of carbonyl (C=O) groups is 2. The lowest BCUT2D eigenvalue weighted by Gasteiger charge is -2.32. The zero-order valence-corrected chi connectivity index (χ0v) is 16.4. The number of piperidine rings is 1. The molecule has 2 aliphatic heterocycles. The van der Waals surface area contributed by atoms with Gasteiger partial charge in [-0.1, -0.05) is 6.42 Å². The van der Waals surface area contributed by atoms with Crippen LogP contribution in [-0.4, -0.2) is 44.6 Å². The standard InChI is InChI=1S/C21H26FN5O2/c22-17-9-7-15(8-10-17)21(29)26-11-4-5-16(14-26)20(28)23-13-19-25-24-18-6-2-1-3-12-27(18)19/h7-10,16H,1-6,11-14H2,(H,23,28). The summed E-state index contributed by atoms with van der Waals surface area (Å²) in [7, 11) is 0. The van der Waals surface area contributed by atoms with E-state index in [4.69, 9.17) is 0 Å². The molecule has 1 atom stereocenters. The molecule has 7 nitrogen and oxygen atoms in total. The molecule has 2 aliphatic rings. The predicted octanol–water partition coefficient (Wildman–Crippen LogP) is 2.31. The number of halogens is 1. The Hall–Kier alpha value is -2.77. The van der Waals surface area contributed by atoms with Crippen LogP contribution in [0.5, 0.6) is 0 Å². The molecule has 29 heavy (non-hydrogen) atoms. The lowest BCUT2D eigenvalue weighted by molar-refractivity contribution is -0.126. The highest BCUT2D eigenvalue weighted by molar-refractivity contribution is 5.94. The normalized spacial score (nSPS) is 19.3. The molecule has 1 saturated heterocycles. The summed E-state index contributed by atoms with van der Waals surface area (Å²) in [6, 6.07) is 5.53. The highest BCUT2D eigenvalue weighted by Crippen LogP contribution is 2.20. The Morgan fingerprint density at radius 1 is 1.07 bits per heavy atom. The number of benzene rings is 1. The van der Waals surface area contributed by atoms with Crippen molar-refractivity contribution in [3.8, 4) is 0 Å². The maximum absolute atomic E-state index is 13.1. The fourth-order valence-electron chi connectivity index (χ4n) is 4.14. The fourth-order valence-corrected chi connectivity index (χ4v) is 4.14. The third-order valence-electron chi connectivity index (χ3n) is 5.78.